The van der Waals surface area contributed by atoms with Crippen LogP contribution in [0.2, 0.25) is 0 Å². The van der Waals surface area contributed by atoms with Crippen LogP contribution in [0, 0.1) is 12.3 Å². The summed E-state index contributed by atoms with van der Waals surface area (Å²) in [5.74, 6) is 2.39. The molecule has 1 aromatic heterocycles. The van der Waals surface area contributed by atoms with Crippen LogP contribution in [0.15, 0.2) is 24.3 Å². The number of hydrogen-bond donors (Lipinski definition) is 2. The molecule has 3 N–H and O–H groups in total. The smallest absolute Gasteiger partial charge is 0.269 e. The number of aliphatic hydroxyl groups is 1. The maximum atomic E-state index is 11.2. The van der Waals surface area contributed by atoms with E-state index in [4.69, 9.17) is 16.9 Å². The number of fused-ring (bicyclic) bond motifs is 3. The lowest BCUT2D eigenvalue weighted by molar-refractivity contribution is 0.0995. The van der Waals surface area contributed by atoms with Crippen molar-refractivity contribution >= 4 is 5.91 Å². The summed E-state index contributed by atoms with van der Waals surface area (Å²) in [7, 11) is 0. The average molecular weight is 269 g/mol. The Morgan fingerprint density at radius 3 is 3.05 bits per heavy atom. The number of hydrogen-bond acceptors (Lipinski definition) is 4. The van der Waals surface area contributed by atoms with Gasteiger partial charge in [-0.05, 0) is 24.3 Å². The number of ether oxygens (including phenoxy) is 1. The van der Waals surface area contributed by atoms with E-state index >= 15 is 0 Å². The number of carbonyl (C=O) groups excluding carboxylic acids is 1. The third-order valence-electron chi connectivity index (χ3n) is 3.08. The van der Waals surface area contributed by atoms with Crippen LogP contribution >= 0.6 is 0 Å². The molecule has 0 spiro atoms. The van der Waals surface area contributed by atoms with E-state index in [1.165, 1.54) is 10.7 Å². The minimum atomic E-state index is -0.905. The minimum Gasteiger partial charge on any atom is -0.488 e. The van der Waals surface area contributed by atoms with Gasteiger partial charge in [0.1, 0.15) is 24.1 Å². The number of carbonyl (C=O) groups is 1. The molecule has 1 aliphatic rings. The molecular weight excluding hydrogens is 258 g/mol. The summed E-state index contributed by atoms with van der Waals surface area (Å²) in [6, 6.07) is 6.59. The number of aliphatic hydroxyl groups excluding tert-OH is 1. The first-order valence-corrected chi connectivity index (χ1v) is 5.92. The largest absolute Gasteiger partial charge is 0.488 e. The lowest BCUT2D eigenvalue weighted by atomic mass is 10.2. The second-order valence-electron chi connectivity index (χ2n) is 4.38. The van der Waals surface area contributed by atoms with E-state index in [0.29, 0.717) is 22.7 Å². The van der Waals surface area contributed by atoms with E-state index in [1.807, 2.05) is 0 Å². The summed E-state index contributed by atoms with van der Waals surface area (Å²) >= 11 is 0. The minimum absolute atomic E-state index is 0.0618. The Hall–Kier alpha value is -2.78. The van der Waals surface area contributed by atoms with Gasteiger partial charge in [-0.15, -0.1) is 6.42 Å². The summed E-state index contributed by atoms with van der Waals surface area (Å²) < 4.78 is 6.94. The molecule has 0 fully saturated rings. The highest BCUT2D eigenvalue weighted by Crippen LogP contribution is 2.31. The van der Waals surface area contributed by atoms with Gasteiger partial charge in [0, 0.05) is 5.56 Å². The molecule has 0 bridgehead atoms. The van der Waals surface area contributed by atoms with Crippen LogP contribution in [0.25, 0.3) is 5.69 Å². The summed E-state index contributed by atoms with van der Waals surface area (Å²) in [6.45, 7) is 0.0618. The number of nitrogens with zero attached hydrogens (tertiary/aromatic N) is 2. The molecule has 2 heterocycles. The molecule has 1 aromatic carbocycles. The highest BCUT2D eigenvalue weighted by molar-refractivity contribution is 5.91. The van der Waals surface area contributed by atoms with E-state index in [9.17, 15) is 9.90 Å². The summed E-state index contributed by atoms with van der Waals surface area (Å²) in [4.78, 5) is 11.2. The van der Waals surface area contributed by atoms with Gasteiger partial charge in [-0.1, -0.05) is 5.92 Å². The van der Waals surface area contributed by atoms with Gasteiger partial charge < -0.3 is 15.6 Å². The second-order valence-corrected chi connectivity index (χ2v) is 4.38. The first kappa shape index (κ1) is 12.3. The molecule has 0 radical (unpaired) electrons. The predicted octanol–water partition coefficient (Wildman–Crippen LogP) is 0.378. The molecule has 2 aromatic rings. The van der Waals surface area contributed by atoms with Crippen molar-refractivity contribution in [2.24, 2.45) is 5.73 Å². The van der Waals surface area contributed by atoms with Gasteiger partial charge in [0.05, 0.1) is 5.69 Å². The van der Waals surface area contributed by atoms with Crippen molar-refractivity contribution in [1.82, 2.24) is 9.78 Å². The third kappa shape index (κ3) is 1.81. The number of terminal acetylenes is 1. The van der Waals surface area contributed by atoms with E-state index < -0.39 is 12.0 Å². The Morgan fingerprint density at radius 1 is 1.55 bits per heavy atom. The fourth-order valence-corrected chi connectivity index (χ4v) is 2.10. The fraction of sp³-hybridized carbons (Fsp3) is 0.143. The van der Waals surface area contributed by atoms with Gasteiger partial charge in [0.15, 0.2) is 5.69 Å². The van der Waals surface area contributed by atoms with Gasteiger partial charge in [-0.2, -0.15) is 5.10 Å². The maximum Gasteiger partial charge on any atom is 0.269 e. The Bertz CT molecular complexity index is 743. The van der Waals surface area contributed by atoms with Gasteiger partial charge >= 0.3 is 0 Å². The van der Waals surface area contributed by atoms with E-state index in [1.54, 1.807) is 18.2 Å². The summed E-state index contributed by atoms with van der Waals surface area (Å²) in [5.41, 5.74) is 6.96. The van der Waals surface area contributed by atoms with Crippen molar-refractivity contribution in [2.45, 2.75) is 6.10 Å². The Morgan fingerprint density at radius 2 is 2.35 bits per heavy atom. The van der Waals surface area contributed by atoms with Crippen molar-refractivity contribution in [2.75, 3.05) is 6.61 Å². The van der Waals surface area contributed by atoms with Crippen LogP contribution in [0.5, 0.6) is 5.75 Å². The number of rotatable bonds is 1. The molecule has 1 amide bonds. The quantitative estimate of drug-likeness (QED) is 0.732. The Kier molecular flexibility index (Phi) is 2.70. The number of nitrogens with two attached hydrogens (primary N) is 1. The molecule has 1 unspecified atom stereocenters. The van der Waals surface area contributed by atoms with Gasteiger partial charge in [0.25, 0.3) is 5.91 Å². The zero-order chi connectivity index (χ0) is 14.3. The van der Waals surface area contributed by atoms with Crippen LogP contribution in [-0.4, -0.2) is 27.4 Å². The highest BCUT2D eigenvalue weighted by Gasteiger charge is 2.25. The molecule has 6 heteroatoms. The van der Waals surface area contributed by atoms with E-state index in [2.05, 4.69) is 11.0 Å². The Labute approximate surface area is 114 Å². The average Bonchev–Trinajstić information content (AvgIpc) is 2.85. The van der Waals surface area contributed by atoms with Crippen molar-refractivity contribution in [3.05, 3.63) is 41.2 Å². The predicted molar refractivity (Wildman–Crippen MR) is 70.5 cm³/mol. The standard InChI is InChI=1S/C14H11N3O3/c1-2-8-3-4-13-11(5-8)17-10(12(18)7-20-13)6-9(16-17)14(15)19/h1,3-6,12,18H,7H2,(H2,15,19). The molecule has 0 saturated carbocycles. The topological polar surface area (TPSA) is 90.4 Å². The molecule has 1 atom stereocenters. The molecule has 100 valence electrons. The van der Waals surface area contributed by atoms with Crippen molar-refractivity contribution < 1.29 is 14.6 Å². The van der Waals surface area contributed by atoms with Crippen LogP contribution < -0.4 is 10.5 Å². The zero-order valence-corrected chi connectivity index (χ0v) is 10.4. The zero-order valence-electron chi connectivity index (χ0n) is 10.4. The lowest BCUT2D eigenvalue weighted by Gasteiger charge is -2.08. The van der Waals surface area contributed by atoms with Gasteiger partial charge in [0.2, 0.25) is 0 Å². The van der Waals surface area contributed by atoms with Crippen LogP contribution in [-0.2, 0) is 0 Å². The molecule has 0 aliphatic carbocycles. The first-order valence-electron chi connectivity index (χ1n) is 5.92. The second kappa shape index (κ2) is 4.40. The molecular formula is C14H11N3O3. The highest BCUT2D eigenvalue weighted by atomic mass is 16.5. The number of amides is 1. The number of primary amides is 1. The van der Waals surface area contributed by atoms with Crippen molar-refractivity contribution in [3.8, 4) is 23.8 Å². The van der Waals surface area contributed by atoms with Gasteiger partial charge in [-0.3, -0.25) is 4.79 Å². The summed E-state index contributed by atoms with van der Waals surface area (Å²) in [6.07, 6.45) is 4.47. The molecule has 3 rings (SSSR count). The molecule has 20 heavy (non-hydrogen) atoms. The summed E-state index contributed by atoms with van der Waals surface area (Å²) in [5, 5.41) is 14.2. The molecule has 0 saturated heterocycles. The van der Waals surface area contributed by atoms with Crippen molar-refractivity contribution in [1.29, 1.82) is 0 Å². The van der Waals surface area contributed by atoms with Crippen LogP contribution in [0.4, 0.5) is 0 Å². The van der Waals surface area contributed by atoms with Crippen LogP contribution in [0.1, 0.15) is 27.8 Å². The Balaban J connectivity index is 2.26. The van der Waals surface area contributed by atoms with Crippen molar-refractivity contribution in [3.63, 3.8) is 0 Å². The molecule has 1 aliphatic heterocycles. The number of benzene rings is 1. The van der Waals surface area contributed by atoms with Gasteiger partial charge in [-0.25, -0.2) is 4.68 Å². The third-order valence-corrected chi connectivity index (χ3v) is 3.08. The first-order chi connectivity index (χ1) is 9.60. The monoisotopic (exact) mass is 269 g/mol. The lowest BCUT2D eigenvalue weighted by Crippen LogP contribution is -2.12. The molecule has 6 nitrogen and oxygen atoms in total. The normalized spacial score (nSPS) is 16.3. The maximum absolute atomic E-state index is 11.2. The SMILES string of the molecule is C#Cc1ccc2c(c1)-n1nc(C(N)=O)cc1C(O)CO2. The van der Waals surface area contributed by atoms with E-state index in [0.717, 1.165) is 0 Å². The van der Waals surface area contributed by atoms with Crippen LogP contribution in [0.3, 0.4) is 0 Å². The fourth-order valence-electron chi connectivity index (χ4n) is 2.10. The van der Waals surface area contributed by atoms with E-state index in [-0.39, 0.29) is 12.3 Å². The number of aromatic nitrogens is 2.